The van der Waals surface area contributed by atoms with Gasteiger partial charge in [0.25, 0.3) is 6.71 Å². The highest BCUT2D eigenvalue weighted by atomic mass is 32.1. The molecule has 3 heterocycles. The van der Waals surface area contributed by atoms with Gasteiger partial charge in [-0.15, -0.1) is 11.3 Å². The Bertz CT molecular complexity index is 3450. The van der Waals surface area contributed by atoms with Crippen LogP contribution in [0, 0.1) is 0 Å². The smallest absolute Gasteiger partial charge is 0.252 e. The summed E-state index contributed by atoms with van der Waals surface area (Å²) < 4.78 is 2.73. The molecule has 3 aliphatic carbocycles. The van der Waals surface area contributed by atoms with Crippen LogP contribution in [0.15, 0.2) is 91.0 Å². The fourth-order valence-electron chi connectivity index (χ4n) is 14.8. The summed E-state index contributed by atoms with van der Waals surface area (Å²) in [5.41, 5.74) is 24.4. The maximum Gasteiger partial charge on any atom is 0.252 e. The SMILES string of the molecule is CC(C)(C)c1cc2c3c(c1)N(c1ccc(C(C)(C)C)c4c1sc1ccccc14)c1cc4c(cc1B3c1cc3c(cc1N2c1ccc2c(c1)C(C)(C)CCC2(C)C)C(C)(C)CCC3(C)C)C(C)(C)CC4(C)C. The molecular formula is C67H79BN2S. The van der Waals surface area contributed by atoms with Gasteiger partial charge in [-0.3, -0.25) is 0 Å². The summed E-state index contributed by atoms with van der Waals surface area (Å²) in [5, 5.41) is 2.77. The van der Waals surface area contributed by atoms with Gasteiger partial charge in [0.15, 0.2) is 0 Å². The molecular weight excluding hydrogens is 876 g/mol. The van der Waals surface area contributed by atoms with Gasteiger partial charge in [0.2, 0.25) is 0 Å². The predicted octanol–water partition coefficient (Wildman–Crippen LogP) is 17.4. The summed E-state index contributed by atoms with van der Waals surface area (Å²) in [6.45, 7) is 44.4. The van der Waals surface area contributed by atoms with E-state index in [-0.39, 0.29) is 50.0 Å². The van der Waals surface area contributed by atoms with E-state index >= 15 is 0 Å². The van der Waals surface area contributed by atoms with Crippen molar-refractivity contribution in [3.05, 3.63) is 136 Å². The lowest BCUT2D eigenvalue weighted by molar-refractivity contribution is 0.332. The maximum absolute atomic E-state index is 2.78. The van der Waals surface area contributed by atoms with E-state index in [4.69, 9.17) is 0 Å². The molecule has 0 radical (unpaired) electrons. The Morgan fingerprint density at radius 3 is 1.52 bits per heavy atom. The summed E-state index contributed by atoms with van der Waals surface area (Å²) in [4.78, 5) is 5.54. The van der Waals surface area contributed by atoms with Gasteiger partial charge in [-0.1, -0.05) is 167 Å². The lowest BCUT2D eigenvalue weighted by Gasteiger charge is -2.48. The quantitative estimate of drug-likeness (QED) is 0.159. The highest BCUT2D eigenvalue weighted by Gasteiger charge is 2.50. The van der Waals surface area contributed by atoms with Crippen molar-refractivity contribution in [2.45, 2.75) is 200 Å². The molecule has 0 bridgehead atoms. The molecule has 12 rings (SSSR count). The number of anilines is 6. The first-order chi connectivity index (χ1) is 32.9. The minimum absolute atomic E-state index is 0.0301. The van der Waals surface area contributed by atoms with Crippen LogP contribution in [0.3, 0.4) is 0 Å². The molecule has 0 saturated heterocycles. The Kier molecular flexibility index (Phi) is 9.64. The van der Waals surface area contributed by atoms with Gasteiger partial charge < -0.3 is 9.80 Å². The van der Waals surface area contributed by atoms with E-state index in [1.165, 1.54) is 141 Å². The molecule has 0 saturated carbocycles. The average molecular weight is 955 g/mol. The summed E-state index contributed by atoms with van der Waals surface area (Å²) in [6, 6.07) is 37.9. The fraction of sp³-hybridized carbons (Fsp3) is 0.463. The molecule has 5 aliphatic rings. The second-order valence-electron chi connectivity index (χ2n) is 29.1. The third kappa shape index (κ3) is 6.77. The number of hydrogen-bond donors (Lipinski definition) is 0. The lowest BCUT2D eigenvalue weighted by Crippen LogP contribution is -2.62. The molecule has 2 aliphatic heterocycles. The summed E-state index contributed by atoms with van der Waals surface area (Å²) >= 11 is 1.98. The Hall–Kier alpha value is -4.80. The molecule has 1 aromatic heterocycles. The number of benzene rings is 6. The first-order valence-corrected chi connectivity index (χ1v) is 28.0. The molecule has 2 nitrogen and oxygen atoms in total. The van der Waals surface area contributed by atoms with Crippen molar-refractivity contribution in [1.82, 2.24) is 0 Å². The zero-order valence-electron chi connectivity index (χ0n) is 46.6. The molecule has 6 aromatic carbocycles. The number of thiophene rings is 1. The molecule has 0 atom stereocenters. The zero-order chi connectivity index (χ0) is 50.7. The first kappa shape index (κ1) is 47.2. The van der Waals surface area contributed by atoms with Gasteiger partial charge in [-0.2, -0.15) is 0 Å². The van der Waals surface area contributed by atoms with Crippen molar-refractivity contribution in [2.24, 2.45) is 0 Å². The molecule has 7 aromatic rings. The van der Waals surface area contributed by atoms with Crippen LogP contribution < -0.4 is 26.2 Å². The van der Waals surface area contributed by atoms with Crippen molar-refractivity contribution >= 4 is 88.7 Å². The Balaban J connectivity index is 1.26. The van der Waals surface area contributed by atoms with E-state index in [0.717, 1.165) is 6.42 Å². The molecule has 366 valence electrons. The second kappa shape index (κ2) is 14.5. The Morgan fingerprint density at radius 1 is 0.451 bits per heavy atom. The zero-order valence-corrected chi connectivity index (χ0v) is 47.4. The van der Waals surface area contributed by atoms with Crippen LogP contribution in [-0.4, -0.2) is 6.71 Å². The summed E-state index contributed by atoms with van der Waals surface area (Å²) in [5.74, 6) is 0. The fourth-order valence-corrected chi connectivity index (χ4v) is 16.1. The van der Waals surface area contributed by atoms with Gasteiger partial charge in [0.05, 0.1) is 10.4 Å². The lowest BCUT2D eigenvalue weighted by atomic mass is 9.32. The van der Waals surface area contributed by atoms with Crippen LogP contribution in [0.25, 0.3) is 20.2 Å². The van der Waals surface area contributed by atoms with Crippen LogP contribution in [0.4, 0.5) is 34.1 Å². The predicted molar refractivity (Wildman–Crippen MR) is 312 cm³/mol. The topological polar surface area (TPSA) is 6.48 Å². The van der Waals surface area contributed by atoms with Gasteiger partial charge in [-0.05, 0) is 185 Å². The molecule has 0 unspecified atom stereocenters. The van der Waals surface area contributed by atoms with Crippen molar-refractivity contribution in [3.63, 3.8) is 0 Å². The van der Waals surface area contributed by atoms with E-state index < -0.39 is 0 Å². The minimum atomic E-state index is -0.115. The minimum Gasteiger partial charge on any atom is -0.311 e. The third-order valence-electron chi connectivity index (χ3n) is 19.0. The number of nitrogens with zero attached hydrogens (tertiary/aromatic N) is 2. The highest BCUT2D eigenvalue weighted by Crippen LogP contribution is 2.57. The van der Waals surface area contributed by atoms with Crippen LogP contribution in [-0.2, 0) is 43.3 Å². The normalized spacial score (nSPS) is 20.6. The Morgan fingerprint density at radius 2 is 0.944 bits per heavy atom. The van der Waals surface area contributed by atoms with E-state index in [1.54, 1.807) is 0 Å². The summed E-state index contributed by atoms with van der Waals surface area (Å²) in [7, 11) is 0. The summed E-state index contributed by atoms with van der Waals surface area (Å²) in [6.07, 6.45) is 5.88. The van der Waals surface area contributed by atoms with Crippen molar-refractivity contribution in [3.8, 4) is 0 Å². The molecule has 0 N–H and O–H groups in total. The first-order valence-electron chi connectivity index (χ1n) is 27.2. The van der Waals surface area contributed by atoms with Crippen molar-refractivity contribution in [1.29, 1.82) is 0 Å². The second-order valence-corrected chi connectivity index (χ2v) is 30.1. The molecule has 4 heteroatoms. The third-order valence-corrected chi connectivity index (χ3v) is 20.2. The van der Waals surface area contributed by atoms with Crippen LogP contribution in [0.1, 0.15) is 201 Å². The van der Waals surface area contributed by atoms with Gasteiger partial charge in [-0.25, -0.2) is 0 Å². The number of fused-ring (bicyclic) bond motifs is 10. The van der Waals surface area contributed by atoms with Crippen molar-refractivity contribution in [2.75, 3.05) is 9.80 Å². The van der Waals surface area contributed by atoms with Crippen LogP contribution in [0.5, 0.6) is 0 Å². The van der Waals surface area contributed by atoms with Crippen LogP contribution >= 0.6 is 11.3 Å². The molecule has 71 heavy (non-hydrogen) atoms. The van der Waals surface area contributed by atoms with Gasteiger partial charge >= 0.3 is 0 Å². The molecule has 0 spiro atoms. The van der Waals surface area contributed by atoms with Crippen LogP contribution in [0.2, 0.25) is 0 Å². The van der Waals surface area contributed by atoms with Gasteiger partial charge in [0, 0.05) is 43.9 Å². The van der Waals surface area contributed by atoms with Crippen molar-refractivity contribution < 1.29 is 0 Å². The largest absolute Gasteiger partial charge is 0.311 e. The number of rotatable bonds is 2. The monoisotopic (exact) mass is 955 g/mol. The molecule has 0 amide bonds. The van der Waals surface area contributed by atoms with E-state index in [2.05, 4.69) is 225 Å². The Labute approximate surface area is 431 Å². The number of hydrogen-bond acceptors (Lipinski definition) is 3. The van der Waals surface area contributed by atoms with E-state index in [9.17, 15) is 0 Å². The van der Waals surface area contributed by atoms with E-state index in [1.807, 2.05) is 11.3 Å². The average Bonchev–Trinajstić information content (AvgIpc) is 3.75. The highest BCUT2D eigenvalue weighted by molar-refractivity contribution is 7.26. The molecule has 0 fully saturated rings. The standard InChI is InChI=1S/C67H79BN2S/c1-60(2,3)39-31-54-58-55(32-39)70(51-26-25-43(61(4,5)6)57-41-21-19-20-22-56(41)71-59(51)57)53-37-48-46(66(15,16)38-67(48,17)18)35-50(53)68(58)49-34-45-47(65(13,14)30-29-64(45,11)12)36-52(49)69(54)40-23-24-42-44(33-40)63(9,10)28-27-62(42,7)8/h19-26,31-37H,27-30,38H2,1-18H3. The van der Waals surface area contributed by atoms with E-state index in [0.29, 0.717) is 0 Å². The maximum atomic E-state index is 2.78. The van der Waals surface area contributed by atoms with Gasteiger partial charge in [0.1, 0.15) is 0 Å².